The molecule has 8 unspecified atom stereocenters. The lowest BCUT2D eigenvalue weighted by Crippen LogP contribution is -2.66. The SMILES string of the molecule is C=C(OC)[C@]12CCC(C)(C)CC1C1=CCC3[C@@]4(C)CC(C(=O)NCCCN5CCN(C)CC5)C(=O)C(C)(C)C4CC[C@@]3(C)[C@]1(C)CC2.COC(=O)[C@]12CCC(C)(C)CC1C1=CCC3[C@@]4(C)CC(C(=O)NCCCN(C)C)C(=O)C(C)(C)C4CC[C@@]3(C)[C@]1(C)CC2. The van der Waals surface area contributed by atoms with E-state index in [9.17, 15) is 24.0 Å². The molecule has 1 aliphatic heterocycles. The number of carbonyl (C=O) groups excluding carboxylic acids is 5. The van der Waals surface area contributed by atoms with Crippen LogP contribution in [0.5, 0.6) is 0 Å². The van der Waals surface area contributed by atoms with Crippen molar-refractivity contribution in [2.45, 2.75) is 225 Å². The Morgan fingerprint density at radius 3 is 1.42 bits per heavy atom. The van der Waals surface area contributed by atoms with Crippen LogP contribution in [-0.2, 0) is 33.4 Å². The number of carbonyl (C=O) groups is 5. The summed E-state index contributed by atoms with van der Waals surface area (Å²) in [5.74, 6) is 2.10. The van der Waals surface area contributed by atoms with Crippen LogP contribution < -0.4 is 10.6 Å². The van der Waals surface area contributed by atoms with Crippen molar-refractivity contribution in [3.63, 3.8) is 0 Å². The van der Waals surface area contributed by atoms with Crippen molar-refractivity contribution in [3.8, 4) is 0 Å². The molecule has 0 radical (unpaired) electrons. The Hall–Kier alpha value is -3.35. The number of Topliss-reactive ketones (excluding diaryl/α,β-unsaturated/α-hetero) is 2. The number of esters is 1. The molecule has 90 heavy (non-hydrogen) atoms. The molecule has 2 N–H and O–H groups in total. The second-order valence-electron chi connectivity index (χ2n) is 36.8. The summed E-state index contributed by atoms with van der Waals surface area (Å²) < 4.78 is 11.5. The molecule has 0 aromatic carbocycles. The number of ether oxygens (including phenoxy) is 2. The van der Waals surface area contributed by atoms with E-state index in [-0.39, 0.29) is 84.5 Å². The average molecular weight is 1250 g/mol. The van der Waals surface area contributed by atoms with Crippen LogP contribution in [0.25, 0.3) is 0 Å². The van der Waals surface area contributed by atoms with E-state index in [0.29, 0.717) is 55.0 Å². The maximum absolute atomic E-state index is 14.2. The Morgan fingerprint density at radius 1 is 0.556 bits per heavy atom. The second kappa shape index (κ2) is 24.1. The largest absolute Gasteiger partial charge is 0.501 e. The van der Waals surface area contributed by atoms with Gasteiger partial charge >= 0.3 is 5.97 Å². The first-order chi connectivity index (χ1) is 41.8. The van der Waals surface area contributed by atoms with Crippen molar-refractivity contribution in [2.75, 3.05) is 87.7 Å². The summed E-state index contributed by atoms with van der Waals surface area (Å²) in [7, 11) is 9.65. The van der Waals surface area contributed by atoms with E-state index >= 15 is 0 Å². The van der Waals surface area contributed by atoms with Gasteiger partial charge in [-0.1, -0.05) is 127 Å². The van der Waals surface area contributed by atoms with Crippen LogP contribution in [0, 0.1) is 112 Å². The number of methoxy groups -OCH3 is 2. The number of ketones is 2. The Labute approximate surface area is 546 Å². The molecule has 12 heteroatoms. The molecule has 1 saturated heterocycles. The first-order valence-electron chi connectivity index (χ1n) is 36.3. The molecule has 9 fully saturated rings. The molecule has 2 amide bonds. The third kappa shape index (κ3) is 10.9. The Bertz CT molecular complexity index is 2860. The van der Waals surface area contributed by atoms with Gasteiger partial charge in [0, 0.05) is 55.5 Å². The molecule has 1 heterocycles. The molecule has 0 spiro atoms. The zero-order valence-electron chi connectivity index (χ0n) is 60.5. The fraction of sp³-hybridized carbons (Fsp3) is 0.859. The van der Waals surface area contributed by atoms with E-state index in [0.717, 1.165) is 148 Å². The lowest BCUT2D eigenvalue weighted by molar-refractivity contribution is -0.196. The van der Waals surface area contributed by atoms with Crippen LogP contribution in [0.3, 0.4) is 0 Å². The maximum atomic E-state index is 14.2. The Kier molecular flexibility index (Phi) is 18.6. The number of hydrogen-bond acceptors (Lipinski definition) is 10. The van der Waals surface area contributed by atoms with Gasteiger partial charge in [0.15, 0.2) is 11.6 Å². The zero-order chi connectivity index (χ0) is 66.0. The Morgan fingerprint density at radius 2 is 0.978 bits per heavy atom. The van der Waals surface area contributed by atoms with Gasteiger partial charge in [0.2, 0.25) is 11.8 Å². The van der Waals surface area contributed by atoms with Gasteiger partial charge in [-0.05, 0) is 241 Å². The zero-order valence-corrected chi connectivity index (χ0v) is 60.5. The molecular formula is C78H127N5O7. The fourth-order valence-corrected chi connectivity index (χ4v) is 24.6. The molecule has 0 bridgehead atoms. The van der Waals surface area contributed by atoms with Crippen LogP contribution in [0.4, 0.5) is 0 Å². The number of piperazine rings is 1. The molecule has 12 nitrogen and oxygen atoms in total. The molecule has 10 aliphatic carbocycles. The number of amides is 2. The van der Waals surface area contributed by atoms with Crippen LogP contribution in [0.15, 0.2) is 35.6 Å². The van der Waals surface area contributed by atoms with Gasteiger partial charge in [-0.15, -0.1) is 0 Å². The van der Waals surface area contributed by atoms with Crippen molar-refractivity contribution >= 4 is 29.4 Å². The number of likely N-dealkylation sites (N-methyl/N-ethyl adjacent to an activating group) is 1. The quantitative estimate of drug-likeness (QED) is 0.0603. The van der Waals surface area contributed by atoms with Crippen LogP contribution >= 0.6 is 0 Å². The minimum absolute atomic E-state index is 0.00845. The third-order valence-corrected chi connectivity index (χ3v) is 30.4. The number of fused-ring (bicyclic) bond motifs is 14. The summed E-state index contributed by atoms with van der Waals surface area (Å²) >= 11 is 0. The topological polar surface area (TPSA) is 138 Å². The van der Waals surface area contributed by atoms with Gasteiger partial charge in [0.1, 0.15) is 0 Å². The lowest BCUT2D eigenvalue weighted by atomic mass is 9.33. The highest BCUT2D eigenvalue weighted by Crippen LogP contribution is 2.78. The minimum Gasteiger partial charge on any atom is -0.501 e. The van der Waals surface area contributed by atoms with Crippen molar-refractivity contribution in [1.82, 2.24) is 25.3 Å². The molecular weight excluding hydrogens is 1120 g/mol. The lowest BCUT2D eigenvalue weighted by Gasteiger charge is -2.71. The first-order valence-corrected chi connectivity index (χ1v) is 36.3. The van der Waals surface area contributed by atoms with E-state index in [1.165, 1.54) is 18.4 Å². The smallest absolute Gasteiger partial charge is 0.312 e. The number of hydrogen-bond donors (Lipinski definition) is 2. The standard InChI is InChI=1S/C41H67N3O3.C37H60N2O4/c1-28(47-10)41-18-16-36(2,3)27-31(41)30-12-13-33-38(6)26-29(35(46)42-20-11-21-44-24-22-43(9)23-25-44)34(45)37(4,5)32(38)14-15-40(33,8)39(30,7)17-19-41;1-32(2)16-18-37(31(42)43-10)19-17-35(6)25(26(37)23-32)12-13-28-34(5)22-24(30(41)38-20-11-21-39(8)9)29(40)33(3,4)27(34)14-15-36(28,35)7/h12,29,31-33H,1,11,13-27H2,2-10H3,(H,42,46);12,24,26-28H,11,13-23H2,1-10H3,(H,38,41)/t29?,31?,32?,33?,38-,39+,40+,41+;24?,26?,27?,28?,34-,35+,36+,37-/m00/s1. The van der Waals surface area contributed by atoms with Crippen molar-refractivity contribution in [3.05, 3.63) is 35.6 Å². The van der Waals surface area contributed by atoms with Gasteiger partial charge < -0.3 is 34.8 Å². The number of rotatable bonds is 13. The highest BCUT2D eigenvalue weighted by atomic mass is 16.5. The predicted octanol–water partition coefficient (Wildman–Crippen LogP) is 14.3. The molecule has 11 rings (SSSR count). The van der Waals surface area contributed by atoms with Crippen LogP contribution in [0.2, 0.25) is 0 Å². The molecule has 16 atom stereocenters. The van der Waals surface area contributed by atoms with Gasteiger partial charge in [-0.25, -0.2) is 0 Å². The van der Waals surface area contributed by atoms with Crippen LogP contribution in [-0.4, -0.2) is 132 Å². The number of nitrogens with zero attached hydrogens (tertiary/aromatic N) is 3. The predicted molar refractivity (Wildman–Crippen MR) is 362 cm³/mol. The summed E-state index contributed by atoms with van der Waals surface area (Å²) in [6.45, 7) is 45.4. The normalized spacial score (nSPS) is 43.0. The monoisotopic (exact) mass is 1250 g/mol. The molecule has 506 valence electrons. The number of nitrogens with one attached hydrogen (secondary N) is 2. The van der Waals surface area contributed by atoms with E-state index in [2.05, 4.69) is 148 Å². The average Bonchev–Trinajstić information content (AvgIpc) is 0.682. The highest BCUT2D eigenvalue weighted by molar-refractivity contribution is 6.05. The summed E-state index contributed by atoms with van der Waals surface area (Å²) in [6, 6.07) is 0. The Balaban J connectivity index is 0.000000199. The maximum Gasteiger partial charge on any atom is 0.312 e. The van der Waals surface area contributed by atoms with Crippen molar-refractivity contribution < 1.29 is 33.4 Å². The van der Waals surface area contributed by atoms with Gasteiger partial charge in [-0.2, -0.15) is 0 Å². The van der Waals surface area contributed by atoms with Gasteiger partial charge in [-0.3, -0.25) is 24.0 Å². The summed E-state index contributed by atoms with van der Waals surface area (Å²) in [6.07, 6.45) is 25.4. The summed E-state index contributed by atoms with van der Waals surface area (Å²) in [4.78, 5) is 76.2. The van der Waals surface area contributed by atoms with Gasteiger partial charge in [0.05, 0.1) is 37.2 Å². The molecule has 0 aromatic heterocycles. The molecule has 0 aromatic rings. The summed E-state index contributed by atoms with van der Waals surface area (Å²) in [5.41, 5.74) is 2.30. The van der Waals surface area contributed by atoms with Crippen molar-refractivity contribution in [2.24, 2.45) is 112 Å². The highest BCUT2D eigenvalue weighted by Gasteiger charge is 2.73. The van der Waals surface area contributed by atoms with Crippen LogP contribution in [0.1, 0.15) is 225 Å². The fourth-order valence-electron chi connectivity index (χ4n) is 24.6. The second-order valence-corrected chi connectivity index (χ2v) is 36.8. The third-order valence-electron chi connectivity index (χ3n) is 30.4. The van der Waals surface area contributed by atoms with E-state index in [1.807, 2.05) is 21.2 Å². The molecule has 11 aliphatic rings. The first kappa shape index (κ1) is 69.5. The minimum atomic E-state index is -0.589. The number of allylic oxidation sites excluding steroid dienone is 5. The molecule has 8 saturated carbocycles. The van der Waals surface area contributed by atoms with E-state index < -0.39 is 28.1 Å². The van der Waals surface area contributed by atoms with E-state index in [1.54, 1.807) is 12.7 Å². The van der Waals surface area contributed by atoms with Crippen molar-refractivity contribution in [1.29, 1.82) is 0 Å². The summed E-state index contributed by atoms with van der Waals surface area (Å²) in [5, 5.41) is 6.39. The van der Waals surface area contributed by atoms with E-state index in [4.69, 9.17) is 9.47 Å². The van der Waals surface area contributed by atoms with Gasteiger partial charge in [0.25, 0.3) is 0 Å².